The van der Waals surface area contributed by atoms with Gasteiger partial charge in [-0.15, -0.1) is 0 Å². The minimum Gasteiger partial charge on any atom is -0.326 e. The van der Waals surface area contributed by atoms with Crippen molar-refractivity contribution in [1.29, 1.82) is 0 Å². The van der Waals surface area contributed by atoms with Crippen LogP contribution in [0.15, 0.2) is 34.4 Å². The molecule has 1 aromatic carbocycles. The number of amides is 1. The van der Waals surface area contributed by atoms with Crippen LogP contribution < -0.4 is 10.7 Å². The number of aliphatic imine (C=N–C) groups is 1. The van der Waals surface area contributed by atoms with Gasteiger partial charge >= 0.3 is 0 Å². The summed E-state index contributed by atoms with van der Waals surface area (Å²) in [5.41, 5.74) is 5.85. The Bertz CT molecular complexity index is 551. The van der Waals surface area contributed by atoms with E-state index in [0.29, 0.717) is 6.42 Å². The van der Waals surface area contributed by atoms with Gasteiger partial charge in [0.25, 0.3) is 0 Å². The molecule has 112 valence electrons. The third-order valence-electron chi connectivity index (χ3n) is 2.93. The molecule has 1 aliphatic rings. The zero-order chi connectivity index (χ0) is 15.1. The molecule has 0 spiro atoms. The summed E-state index contributed by atoms with van der Waals surface area (Å²) in [7, 11) is 0. The molecule has 2 rings (SSSR count). The summed E-state index contributed by atoms with van der Waals surface area (Å²) >= 11 is 1.66. The van der Waals surface area contributed by atoms with E-state index in [1.165, 1.54) is 0 Å². The molecule has 1 amide bonds. The summed E-state index contributed by atoms with van der Waals surface area (Å²) < 4.78 is 0. The first-order valence-electron chi connectivity index (χ1n) is 7.13. The smallest absolute Gasteiger partial charge is 0.224 e. The molecular weight excluding hydrogens is 284 g/mol. The van der Waals surface area contributed by atoms with Crippen LogP contribution in [0.3, 0.4) is 0 Å². The molecule has 21 heavy (non-hydrogen) atoms. The Kier molecular flexibility index (Phi) is 5.80. The van der Waals surface area contributed by atoms with Crippen LogP contribution in [0.4, 0.5) is 5.69 Å². The monoisotopic (exact) mass is 304 g/mol. The third kappa shape index (κ3) is 4.60. The number of carbonyl (C=O) groups excluding carboxylic acids is 1. The van der Waals surface area contributed by atoms with E-state index in [4.69, 9.17) is 0 Å². The quantitative estimate of drug-likeness (QED) is 0.879. The molecule has 1 aliphatic heterocycles. The van der Waals surface area contributed by atoms with Crippen LogP contribution in [0.5, 0.6) is 0 Å². The second-order valence-corrected chi connectivity index (χ2v) is 5.59. The Labute approximate surface area is 129 Å². The fourth-order valence-electron chi connectivity index (χ4n) is 1.75. The molecule has 0 saturated carbocycles. The number of hydrazone groups is 1. The van der Waals surface area contributed by atoms with Crippen molar-refractivity contribution in [3.63, 3.8) is 0 Å². The van der Waals surface area contributed by atoms with E-state index in [1.807, 2.05) is 31.2 Å². The third-order valence-corrected chi connectivity index (χ3v) is 3.85. The van der Waals surface area contributed by atoms with Crippen LogP contribution in [0.2, 0.25) is 0 Å². The number of nitrogens with one attached hydrogen (secondary N) is 2. The molecule has 0 aromatic heterocycles. The van der Waals surface area contributed by atoms with Gasteiger partial charge in [0.2, 0.25) is 5.91 Å². The fourth-order valence-corrected chi connectivity index (χ4v) is 2.55. The molecule has 6 heteroatoms. The predicted octanol–water partition coefficient (Wildman–Crippen LogP) is 2.84. The topological polar surface area (TPSA) is 65.8 Å². The van der Waals surface area contributed by atoms with Crippen LogP contribution in [-0.4, -0.2) is 29.1 Å². The Hall–Kier alpha value is -1.82. The van der Waals surface area contributed by atoms with Crippen LogP contribution in [0, 0.1) is 0 Å². The van der Waals surface area contributed by atoms with Gasteiger partial charge in [0.15, 0.2) is 5.17 Å². The van der Waals surface area contributed by atoms with Crippen molar-refractivity contribution in [2.75, 3.05) is 17.6 Å². The van der Waals surface area contributed by atoms with Crippen LogP contribution in [0.25, 0.3) is 0 Å². The number of hydrogen-bond acceptors (Lipinski definition) is 4. The van der Waals surface area contributed by atoms with Crippen molar-refractivity contribution < 1.29 is 4.79 Å². The van der Waals surface area contributed by atoms with E-state index in [-0.39, 0.29) is 5.91 Å². The highest BCUT2D eigenvalue weighted by Gasteiger charge is 2.12. The van der Waals surface area contributed by atoms with Gasteiger partial charge in [-0.1, -0.05) is 37.7 Å². The standard InChI is InChI=1S/C15H20N4OS/c1-3-9-16-15-19-18-13(10-21-15)11-5-7-12(8-6-11)17-14(20)4-2/h5-8H,3-4,9-10H2,1-2H3,(H,16,19)(H,17,20). The molecule has 1 heterocycles. The largest absolute Gasteiger partial charge is 0.326 e. The highest BCUT2D eigenvalue weighted by Crippen LogP contribution is 2.16. The van der Waals surface area contributed by atoms with Crippen molar-refractivity contribution in [3.05, 3.63) is 29.8 Å². The lowest BCUT2D eigenvalue weighted by Gasteiger charge is -2.15. The van der Waals surface area contributed by atoms with E-state index in [0.717, 1.165) is 40.8 Å². The molecule has 2 N–H and O–H groups in total. The summed E-state index contributed by atoms with van der Waals surface area (Å²) in [5, 5.41) is 8.08. The minimum absolute atomic E-state index is 0.0201. The first-order valence-corrected chi connectivity index (χ1v) is 8.11. The number of hydrogen-bond donors (Lipinski definition) is 2. The highest BCUT2D eigenvalue weighted by molar-refractivity contribution is 8.14. The van der Waals surface area contributed by atoms with E-state index in [9.17, 15) is 4.79 Å². The van der Waals surface area contributed by atoms with E-state index >= 15 is 0 Å². The van der Waals surface area contributed by atoms with Gasteiger partial charge in [-0.25, -0.2) is 0 Å². The number of nitrogens with zero attached hydrogens (tertiary/aromatic N) is 2. The summed E-state index contributed by atoms with van der Waals surface area (Å²) in [6.07, 6.45) is 1.52. The van der Waals surface area contributed by atoms with Crippen molar-refractivity contribution in [3.8, 4) is 0 Å². The zero-order valence-corrected chi connectivity index (χ0v) is 13.2. The van der Waals surface area contributed by atoms with Gasteiger partial charge in [-0.3, -0.25) is 15.2 Å². The Morgan fingerprint density at radius 1 is 1.38 bits per heavy atom. The molecule has 1 aromatic rings. The maximum absolute atomic E-state index is 11.3. The summed E-state index contributed by atoms with van der Waals surface area (Å²) in [6, 6.07) is 7.74. The average molecular weight is 304 g/mol. The molecule has 0 radical (unpaired) electrons. The molecule has 5 nitrogen and oxygen atoms in total. The number of anilines is 1. The first kappa shape index (κ1) is 15.6. The molecule has 0 aliphatic carbocycles. The van der Waals surface area contributed by atoms with Gasteiger partial charge < -0.3 is 5.32 Å². The lowest BCUT2D eigenvalue weighted by Crippen LogP contribution is -2.25. The second kappa shape index (κ2) is 7.83. The predicted molar refractivity (Wildman–Crippen MR) is 90.1 cm³/mol. The van der Waals surface area contributed by atoms with E-state index in [1.54, 1.807) is 11.8 Å². The molecule has 0 bridgehead atoms. The lowest BCUT2D eigenvalue weighted by molar-refractivity contribution is -0.115. The summed E-state index contributed by atoms with van der Waals surface area (Å²) in [4.78, 5) is 15.7. The number of carbonyl (C=O) groups is 1. The molecule has 0 unspecified atom stereocenters. The second-order valence-electron chi connectivity index (χ2n) is 4.62. The van der Waals surface area contributed by atoms with Gasteiger partial charge in [0.1, 0.15) is 0 Å². The molecule has 0 atom stereocenters. The van der Waals surface area contributed by atoms with Gasteiger partial charge in [0.05, 0.1) is 5.71 Å². The SMILES string of the molecule is CCCN=C1NN=C(c2ccc(NC(=O)CC)cc2)CS1. The molecular formula is C15H20N4OS. The van der Waals surface area contributed by atoms with Crippen molar-refractivity contribution in [1.82, 2.24) is 5.43 Å². The van der Waals surface area contributed by atoms with Crippen LogP contribution >= 0.6 is 11.8 Å². The first-order chi connectivity index (χ1) is 10.2. The van der Waals surface area contributed by atoms with E-state index in [2.05, 4.69) is 27.8 Å². The summed E-state index contributed by atoms with van der Waals surface area (Å²) in [6.45, 7) is 4.76. The Morgan fingerprint density at radius 3 is 2.71 bits per heavy atom. The van der Waals surface area contributed by atoms with Crippen molar-refractivity contribution in [2.24, 2.45) is 10.1 Å². The maximum atomic E-state index is 11.3. The minimum atomic E-state index is 0.0201. The summed E-state index contributed by atoms with van der Waals surface area (Å²) in [5.74, 6) is 0.822. The Morgan fingerprint density at radius 2 is 2.14 bits per heavy atom. The van der Waals surface area contributed by atoms with Crippen molar-refractivity contribution >= 4 is 34.2 Å². The molecule has 0 saturated heterocycles. The molecule has 0 fully saturated rings. The van der Waals surface area contributed by atoms with Crippen LogP contribution in [-0.2, 0) is 4.79 Å². The van der Waals surface area contributed by atoms with Gasteiger partial charge in [-0.05, 0) is 24.1 Å². The van der Waals surface area contributed by atoms with E-state index < -0.39 is 0 Å². The zero-order valence-electron chi connectivity index (χ0n) is 12.3. The van der Waals surface area contributed by atoms with Gasteiger partial charge in [0, 0.05) is 24.4 Å². The number of amidine groups is 1. The maximum Gasteiger partial charge on any atom is 0.224 e. The van der Waals surface area contributed by atoms with Crippen LogP contribution in [0.1, 0.15) is 32.3 Å². The van der Waals surface area contributed by atoms with Crippen molar-refractivity contribution in [2.45, 2.75) is 26.7 Å². The normalized spacial score (nSPS) is 16.3. The number of rotatable bonds is 5. The number of thioether (sulfide) groups is 1. The van der Waals surface area contributed by atoms with Gasteiger partial charge in [-0.2, -0.15) is 5.10 Å². The average Bonchev–Trinajstić information content (AvgIpc) is 2.54. The lowest BCUT2D eigenvalue weighted by atomic mass is 10.1. The highest BCUT2D eigenvalue weighted by atomic mass is 32.2. The Balaban J connectivity index is 2.00. The number of benzene rings is 1. The fraction of sp³-hybridized carbons (Fsp3) is 0.400.